The number of methoxy groups -OCH3 is 1. The predicted octanol–water partition coefficient (Wildman–Crippen LogP) is 4.43. The SMILES string of the molecule is CCCN(Cc1nc2ccc(C#Cc3ccc(-c4cnc(C5C=C(C6CC6)CN5)[nH]4)cc3)cc2[nH]1)C(=O)CNC(=O)OC. The van der Waals surface area contributed by atoms with Crippen molar-refractivity contribution in [3.8, 4) is 23.1 Å². The molecule has 6 rings (SSSR count). The second-order valence-corrected chi connectivity index (χ2v) is 11.0. The van der Waals surface area contributed by atoms with Gasteiger partial charge in [0.25, 0.3) is 0 Å². The van der Waals surface area contributed by atoms with Crippen LogP contribution in [0, 0.1) is 17.8 Å². The third kappa shape index (κ3) is 6.79. The van der Waals surface area contributed by atoms with E-state index in [1.165, 1.54) is 25.5 Å². The third-order valence-corrected chi connectivity index (χ3v) is 7.73. The Balaban J connectivity index is 1.09. The van der Waals surface area contributed by atoms with Gasteiger partial charge in [-0.15, -0.1) is 0 Å². The summed E-state index contributed by atoms with van der Waals surface area (Å²) in [6.07, 6.45) is 7.00. The maximum absolute atomic E-state index is 12.6. The van der Waals surface area contributed by atoms with Crippen molar-refractivity contribution >= 4 is 23.0 Å². The second kappa shape index (κ2) is 12.5. The summed E-state index contributed by atoms with van der Waals surface area (Å²) in [6.45, 7) is 3.68. The quantitative estimate of drug-likeness (QED) is 0.172. The molecule has 0 bridgehead atoms. The van der Waals surface area contributed by atoms with Gasteiger partial charge in [-0.2, -0.15) is 0 Å². The molecular weight excluding hydrogens is 542 g/mol. The number of benzene rings is 2. The summed E-state index contributed by atoms with van der Waals surface area (Å²) < 4.78 is 4.55. The number of carbonyl (C=O) groups is 2. The van der Waals surface area contributed by atoms with Gasteiger partial charge in [0.2, 0.25) is 5.91 Å². The predicted molar refractivity (Wildman–Crippen MR) is 164 cm³/mol. The highest BCUT2D eigenvalue weighted by Gasteiger charge is 2.30. The molecule has 1 aliphatic heterocycles. The molecule has 0 spiro atoms. The Bertz CT molecular complexity index is 1720. The van der Waals surface area contributed by atoms with Crippen LogP contribution in [0.3, 0.4) is 0 Å². The summed E-state index contributed by atoms with van der Waals surface area (Å²) in [5.41, 5.74) is 7.00. The molecule has 10 heteroatoms. The molecule has 10 nitrogen and oxygen atoms in total. The van der Waals surface area contributed by atoms with Crippen molar-refractivity contribution in [3.63, 3.8) is 0 Å². The summed E-state index contributed by atoms with van der Waals surface area (Å²) in [6, 6.07) is 14.1. The van der Waals surface area contributed by atoms with E-state index in [2.05, 4.69) is 65.4 Å². The van der Waals surface area contributed by atoms with Crippen LogP contribution in [0.2, 0.25) is 0 Å². The number of imidazole rings is 2. The Kier molecular flexibility index (Phi) is 8.24. The molecule has 0 saturated heterocycles. The smallest absolute Gasteiger partial charge is 0.407 e. The lowest BCUT2D eigenvalue weighted by molar-refractivity contribution is -0.130. The summed E-state index contributed by atoms with van der Waals surface area (Å²) in [5.74, 6) is 8.69. The first-order valence-electron chi connectivity index (χ1n) is 14.7. The first kappa shape index (κ1) is 28.2. The molecule has 3 heterocycles. The van der Waals surface area contributed by atoms with Crippen LogP contribution >= 0.6 is 0 Å². The van der Waals surface area contributed by atoms with Crippen LogP contribution in [0.5, 0.6) is 0 Å². The number of hydrogen-bond acceptors (Lipinski definition) is 6. The van der Waals surface area contributed by atoms with Crippen molar-refractivity contribution in [2.24, 2.45) is 5.92 Å². The van der Waals surface area contributed by atoms with Crippen LogP contribution in [0.25, 0.3) is 22.3 Å². The zero-order valence-corrected chi connectivity index (χ0v) is 24.4. The van der Waals surface area contributed by atoms with Crippen LogP contribution in [0.15, 0.2) is 60.3 Å². The largest absolute Gasteiger partial charge is 0.453 e. The van der Waals surface area contributed by atoms with E-state index in [1.54, 1.807) is 4.90 Å². The number of carbonyl (C=O) groups excluding carboxylic acids is 2. The van der Waals surface area contributed by atoms with Crippen molar-refractivity contribution < 1.29 is 14.3 Å². The van der Waals surface area contributed by atoms with Crippen LogP contribution in [-0.2, 0) is 16.1 Å². The van der Waals surface area contributed by atoms with Gasteiger partial charge in [0, 0.05) is 24.2 Å². The summed E-state index contributed by atoms with van der Waals surface area (Å²) in [5, 5.41) is 5.99. The van der Waals surface area contributed by atoms with Gasteiger partial charge in [0.1, 0.15) is 18.2 Å². The molecule has 1 aliphatic carbocycles. The summed E-state index contributed by atoms with van der Waals surface area (Å²) >= 11 is 0. The molecule has 2 aliphatic rings. The van der Waals surface area contributed by atoms with Crippen molar-refractivity contribution in [2.75, 3.05) is 26.7 Å². The van der Waals surface area contributed by atoms with Gasteiger partial charge in [-0.05, 0) is 61.1 Å². The molecule has 1 unspecified atom stereocenters. The van der Waals surface area contributed by atoms with Gasteiger partial charge in [-0.1, -0.05) is 42.5 Å². The fourth-order valence-corrected chi connectivity index (χ4v) is 5.28. The molecule has 1 saturated carbocycles. The van der Waals surface area contributed by atoms with E-state index in [4.69, 9.17) is 0 Å². The lowest BCUT2D eigenvalue weighted by atomic mass is 10.1. The number of H-pyrrole nitrogens is 2. The maximum atomic E-state index is 12.6. The van der Waals surface area contributed by atoms with Gasteiger partial charge >= 0.3 is 6.09 Å². The minimum atomic E-state index is -0.637. The number of hydrogen-bond donors (Lipinski definition) is 4. The van der Waals surface area contributed by atoms with Gasteiger partial charge in [0.15, 0.2) is 0 Å². The Morgan fingerprint density at radius 3 is 2.65 bits per heavy atom. The molecule has 220 valence electrons. The average Bonchev–Trinajstić information content (AvgIpc) is 3.39. The lowest BCUT2D eigenvalue weighted by Gasteiger charge is -2.21. The molecule has 2 amide bonds. The number of aromatic amines is 2. The van der Waals surface area contributed by atoms with Crippen LogP contribution in [-0.4, -0.2) is 63.6 Å². The monoisotopic (exact) mass is 577 g/mol. The zero-order chi connectivity index (χ0) is 29.8. The van der Waals surface area contributed by atoms with E-state index in [0.29, 0.717) is 18.9 Å². The highest BCUT2D eigenvalue weighted by molar-refractivity contribution is 5.82. The summed E-state index contributed by atoms with van der Waals surface area (Å²) in [7, 11) is 1.26. The zero-order valence-electron chi connectivity index (χ0n) is 24.4. The normalized spacial score (nSPS) is 16.0. The van der Waals surface area contributed by atoms with Crippen molar-refractivity contribution in [2.45, 2.75) is 38.8 Å². The van der Waals surface area contributed by atoms with Gasteiger partial charge in [-0.3, -0.25) is 4.79 Å². The third-order valence-electron chi connectivity index (χ3n) is 7.73. The highest BCUT2D eigenvalue weighted by Crippen LogP contribution is 2.39. The summed E-state index contributed by atoms with van der Waals surface area (Å²) in [4.78, 5) is 41.7. The Morgan fingerprint density at radius 1 is 1.09 bits per heavy atom. The van der Waals surface area contributed by atoms with Gasteiger partial charge in [0.05, 0.1) is 42.6 Å². The molecule has 1 fully saturated rings. The Labute approximate surface area is 250 Å². The molecule has 2 aromatic carbocycles. The van der Waals surface area contributed by atoms with E-state index in [1.807, 2.05) is 43.5 Å². The minimum Gasteiger partial charge on any atom is -0.453 e. The van der Waals surface area contributed by atoms with Gasteiger partial charge in [-0.25, -0.2) is 14.8 Å². The van der Waals surface area contributed by atoms with Crippen LogP contribution in [0.4, 0.5) is 4.79 Å². The Hall–Kier alpha value is -4.88. The highest BCUT2D eigenvalue weighted by atomic mass is 16.5. The molecule has 0 radical (unpaired) electrons. The number of aromatic nitrogens is 4. The van der Waals surface area contributed by atoms with Crippen LogP contribution in [0.1, 0.15) is 55.0 Å². The fourth-order valence-electron chi connectivity index (χ4n) is 5.28. The molecule has 2 aromatic heterocycles. The number of ether oxygens (including phenoxy) is 1. The fraction of sp³-hybridized carbons (Fsp3) is 0.333. The molecular formula is C33H35N7O3. The first-order valence-corrected chi connectivity index (χ1v) is 14.7. The van der Waals surface area contributed by atoms with E-state index in [-0.39, 0.29) is 18.5 Å². The molecule has 4 aromatic rings. The standard InChI is InChI=1S/C33H35N7O3/c1-3-14-40(31(41)19-36-33(42)43-2)20-30-37-26-13-8-22(15-27(26)38-30)5-4-21-6-9-24(10-7-21)29-18-35-32(39-29)28-16-25(17-34-28)23-11-12-23/h6-10,13,15-16,18,23,28,34H,3,11-12,14,17,19-20H2,1-2H3,(H,35,39)(H,36,42)(H,37,38). The molecule has 4 N–H and O–H groups in total. The van der Waals surface area contributed by atoms with Crippen molar-refractivity contribution in [3.05, 3.63) is 83.1 Å². The van der Waals surface area contributed by atoms with E-state index >= 15 is 0 Å². The van der Waals surface area contributed by atoms with E-state index in [0.717, 1.165) is 58.1 Å². The number of rotatable bonds is 9. The molecule has 1 atom stereocenters. The minimum absolute atomic E-state index is 0.132. The van der Waals surface area contributed by atoms with E-state index in [9.17, 15) is 9.59 Å². The Morgan fingerprint density at radius 2 is 1.88 bits per heavy atom. The second-order valence-electron chi connectivity index (χ2n) is 11.0. The van der Waals surface area contributed by atoms with Crippen molar-refractivity contribution in [1.29, 1.82) is 0 Å². The first-order chi connectivity index (χ1) is 21.0. The number of fused-ring (bicyclic) bond motifs is 1. The maximum Gasteiger partial charge on any atom is 0.407 e. The van der Waals surface area contributed by atoms with E-state index < -0.39 is 6.09 Å². The lowest BCUT2D eigenvalue weighted by Crippen LogP contribution is -2.40. The number of alkyl carbamates (subject to hydrolysis) is 1. The average molecular weight is 578 g/mol. The van der Waals surface area contributed by atoms with Gasteiger partial charge < -0.3 is 30.2 Å². The van der Waals surface area contributed by atoms with Crippen molar-refractivity contribution in [1.82, 2.24) is 35.5 Å². The number of nitrogens with one attached hydrogen (secondary N) is 4. The molecule has 43 heavy (non-hydrogen) atoms. The number of amides is 2. The topological polar surface area (TPSA) is 128 Å². The van der Waals surface area contributed by atoms with Crippen LogP contribution < -0.4 is 10.6 Å². The number of nitrogens with zero attached hydrogens (tertiary/aromatic N) is 3.